The molecule has 8 nitrogen and oxygen atoms in total. The van der Waals surface area contributed by atoms with Crippen molar-refractivity contribution in [2.45, 2.75) is 25.4 Å². The number of hydroxylamine groups is 1. The fraction of sp³-hybridized carbons (Fsp3) is 0.214. The molecule has 8 heteroatoms. The SMILES string of the molecule is COc1ccc2c3c(oc2c1)CN([C@@H](Cc1ccccc1)C(=O)Nc1ccc(C(=O)NO)cc1)CC3. The average molecular weight is 486 g/mol. The van der Waals surface area contributed by atoms with Gasteiger partial charge in [-0.1, -0.05) is 30.3 Å². The highest BCUT2D eigenvalue weighted by atomic mass is 16.5. The molecule has 2 heterocycles. The van der Waals surface area contributed by atoms with E-state index in [0.29, 0.717) is 30.8 Å². The van der Waals surface area contributed by atoms with Crippen molar-refractivity contribution in [3.63, 3.8) is 0 Å². The van der Waals surface area contributed by atoms with Gasteiger partial charge in [0.05, 0.1) is 19.7 Å². The minimum Gasteiger partial charge on any atom is -0.497 e. The maximum atomic E-state index is 13.5. The minimum absolute atomic E-state index is 0.139. The molecular weight excluding hydrogens is 458 g/mol. The van der Waals surface area contributed by atoms with Gasteiger partial charge in [0.2, 0.25) is 5.91 Å². The average Bonchev–Trinajstić information content (AvgIpc) is 3.29. The van der Waals surface area contributed by atoms with Crippen LogP contribution in [0.1, 0.15) is 27.2 Å². The fourth-order valence-corrected chi connectivity index (χ4v) is 4.71. The molecule has 0 saturated heterocycles. The second-order valence-corrected chi connectivity index (χ2v) is 8.80. The van der Waals surface area contributed by atoms with E-state index in [1.54, 1.807) is 36.9 Å². The zero-order chi connectivity index (χ0) is 25.1. The van der Waals surface area contributed by atoms with E-state index in [-0.39, 0.29) is 5.91 Å². The normalized spacial score (nSPS) is 14.2. The van der Waals surface area contributed by atoms with Crippen molar-refractivity contribution >= 4 is 28.5 Å². The molecular formula is C28H27N3O5. The predicted molar refractivity (Wildman–Crippen MR) is 135 cm³/mol. The summed E-state index contributed by atoms with van der Waals surface area (Å²) < 4.78 is 11.5. The lowest BCUT2D eigenvalue weighted by Gasteiger charge is -2.33. The summed E-state index contributed by atoms with van der Waals surface area (Å²) in [7, 11) is 1.63. The van der Waals surface area contributed by atoms with Crippen LogP contribution in [0, 0.1) is 0 Å². The number of carbonyl (C=O) groups excluding carboxylic acids is 2. The minimum atomic E-state index is -0.609. The van der Waals surface area contributed by atoms with E-state index in [2.05, 4.69) is 10.2 Å². The van der Waals surface area contributed by atoms with Crippen LogP contribution >= 0.6 is 0 Å². The van der Waals surface area contributed by atoms with Crippen molar-refractivity contribution in [1.29, 1.82) is 0 Å². The number of amides is 2. The van der Waals surface area contributed by atoms with Gasteiger partial charge in [-0.25, -0.2) is 5.48 Å². The van der Waals surface area contributed by atoms with E-state index < -0.39 is 11.9 Å². The Morgan fingerprint density at radius 2 is 1.86 bits per heavy atom. The number of furan rings is 1. The molecule has 1 aromatic heterocycles. The van der Waals surface area contributed by atoms with Crippen molar-refractivity contribution in [2.75, 3.05) is 19.0 Å². The number of methoxy groups -OCH3 is 1. The van der Waals surface area contributed by atoms with Crippen LogP contribution in [0.15, 0.2) is 77.2 Å². The number of anilines is 1. The van der Waals surface area contributed by atoms with Crippen LogP contribution in [-0.2, 0) is 24.2 Å². The van der Waals surface area contributed by atoms with Gasteiger partial charge in [-0.2, -0.15) is 0 Å². The van der Waals surface area contributed by atoms with Gasteiger partial charge in [0.1, 0.15) is 17.1 Å². The molecule has 1 aliphatic rings. The van der Waals surface area contributed by atoms with Crippen LogP contribution in [0.3, 0.4) is 0 Å². The molecule has 0 spiro atoms. The molecule has 0 saturated carbocycles. The zero-order valence-corrected chi connectivity index (χ0v) is 19.9. The van der Waals surface area contributed by atoms with Gasteiger partial charge < -0.3 is 14.5 Å². The maximum Gasteiger partial charge on any atom is 0.274 e. The summed E-state index contributed by atoms with van der Waals surface area (Å²) in [5.74, 6) is 0.867. The number of carbonyl (C=O) groups is 2. The number of benzene rings is 3. The Kier molecular flexibility index (Phi) is 6.71. The zero-order valence-electron chi connectivity index (χ0n) is 19.9. The Bertz CT molecular complexity index is 1380. The van der Waals surface area contributed by atoms with Gasteiger partial charge in [0.25, 0.3) is 5.91 Å². The summed E-state index contributed by atoms with van der Waals surface area (Å²) in [5.41, 5.74) is 5.50. The molecule has 5 rings (SSSR count). The molecule has 0 fully saturated rings. The topological polar surface area (TPSA) is 104 Å². The standard InChI is InChI=1S/C28H27N3O5/c1-35-21-11-12-22-23-13-14-31(17-26(23)36-25(22)16-21)24(15-18-5-3-2-4-6-18)28(33)29-20-9-7-19(8-10-20)27(32)30-34/h2-12,16,24,34H,13-15,17H2,1H3,(H,29,33)(H,30,32)/t24-/m0/s1. The van der Waals surface area contributed by atoms with Crippen LogP contribution < -0.4 is 15.5 Å². The number of rotatable bonds is 7. The first kappa shape index (κ1) is 23.6. The van der Waals surface area contributed by atoms with Gasteiger partial charge in [-0.05, 0) is 54.8 Å². The Hall–Kier alpha value is -4.14. The van der Waals surface area contributed by atoms with E-state index >= 15 is 0 Å². The highest BCUT2D eigenvalue weighted by Crippen LogP contribution is 2.33. The van der Waals surface area contributed by atoms with Crippen LogP contribution in [-0.4, -0.2) is 41.6 Å². The van der Waals surface area contributed by atoms with E-state index in [1.807, 2.05) is 48.5 Å². The number of nitrogens with one attached hydrogen (secondary N) is 2. The van der Waals surface area contributed by atoms with Gasteiger partial charge in [0.15, 0.2) is 0 Å². The molecule has 0 aliphatic carbocycles. The number of hydrogen-bond acceptors (Lipinski definition) is 6. The number of fused-ring (bicyclic) bond motifs is 3. The van der Waals surface area contributed by atoms with Crippen molar-refractivity contribution in [3.8, 4) is 5.75 Å². The van der Waals surface area contributed by atoms with E-state index in [9.17, 15) is 9.59 Å². The number of hydrogen-bond donors (Lipinski definition) is 3. The van der Waals surface area contributed by atoms with Crippen LogP contribution in [0.4, 0.5) is 5.69 Å². The second kappa shape index (κ2) is 10.2. The molecule has 0 bridgehead atoms. The summed E-state index contributed by atoms with van der Waals surface area (Å²) in [6.07, 6.45) is 1.32. The Morgan fingerprint density at radius 3 is 2.58 bits per heavy atom. The van der Waals surface area contributed by atoms with Crippen LogP contribution in [0.2, 0.25) is 0 Å². The largest absolute Gasteiger partial charge is 0.497 e. The lowest BCUT2D eigenvalue weighted by Crippen LogP contribution is -2.47. The lowest BCUT2D eigenvalue weighted by molar-refractivity contribution is -0.121. The number of ether oxygens (including phenoxy) is 1. The highest BCUT2D eigenvalue weighted by molar-refractivity contribution is 5.97. The van der Waals surface area contributed by atoms with Crippen LogP contribution in [0.25, 0.3) is 11.0 Å². The first-order valence-electron chi connectivity index (χ1n) is 11.8. The molecule has 2 amide bonds. The van der Waals surface area contributed by atoms with E-state index in [1.165, 1.54) is 5.56 Å². The van der Waals surface area contributed by atoms with Gasteiger partial charge in [0, 0.05) is 34.8 Å². The van der Waals surface area contributed by atoms with Crippen molar-refractivity contribution in [2.24, 2.45) is 0 Å². The summed E-state index contributed by atoms with van der Waals surface area (Å²) in [6, 6.07) is 21.7. The molecule has 3 N–H and O–H groups in total. The van der Waals surface area contributed by atoms with E-state index in [4.69, 9.17) is 14.4 Å². The second-order valence-electron chi connectivity index (χ2n) is 8.80. The summed E-state index contributed by atoms with van der Waals surface area (Å²) in [6.45, 7) is 1.24. The summed E-state index contributed by atoms with van der Waals surface area (Å²) in [5, 5.41) is 12.9. The van der Waals surface area contributed by atoms with Crippen molar-refractivity contribution < 1.29 is 24.0 Å². The maximum absolute atomic E-state index is 13.5. The molecule has 1 atom stereocenters. The third kappa shape index (κ3) is 4.82. The molecule has 4 aromatic rings. The Balaban J connectivity index is 1.39. The van der Waals surface area contributed by atoms with Gasteiger partial charge >= 0.3 is 0 Å². The summed E-state index contributed by atoms with van der Waals surface area (Å²) in [4.78, 5) is 27.3. The third-order valence-electron chi connectivity index (χ3n) is 6.61. The van der Waals surface area contributed by atoms with Crippen molar-refractivity contribution in [3.05, 3.63) is 95.2 Å². The summed E-state index contributed by atoms with van der Waals surface area (Å²) >= 11 is 0. The van der Waals surface area contributed by atoms with Crippen LogP contribution in [0.5, 0.6) is 5.75 Å². The molecule has 0 unspecified atom stereocenters. The monoisotopic (exact) mass is 485 g/mol. The Labute approximate surface area is 208 Å². The first-order chi connectivity index (χ1) is 17.6. The lowest BCUT2D eigenvalue weighted by atomic mass is 9.98. The smallest absolute Gasteiger partial charge is 0.274 e. The predicted octanol–water partition coefficient (Wildman–Crippen LogP) is 4.17. The number of nitrogens with zero attached hydrogens (tertiary/aromatic N) is 1. The van der Waals surface area contributed by atoms with Gasteiger partial charge in [-0.15, -0.1) is 0 Å². The molecule has 36 heavy (non-hydrogen) atoms. The molecule has 184 valence electrons. The highest BCUT2D eigenvalue weighted by Gasteiger charge is 2.32. The molecule has 3 aromatic carbocycles. The first-order valence-corrected chi connectivity index (χ1v) is 11.8. The third-order valence-corrected chi connectivity index (χ3v) is 6.61. The Morgan fingerprint density at radius 1 is 1.08 bits per heavy atom. The quantitative estimate of drug-likeness (QED) is 0.268. The van der Waals surface area contributed by atoms with Gasteiger partial charge in [-0.3, -0.25) is 19.7 Å². The van der Waals surface area contributed by atoms with E-state index in [0.717, 1.165) is 34.5 Å². The molecule has 0 radical (unpaired) electrons. The fourth-order valence-electron chi connectivity index (χ4n) is 4.71. The van der Waals surface area contributed by atoms with Crippen molar-refractivity contribution in [1.82, 2.24) is 10.4 Å². The molecule has 1 aliphatic heterocycles.